The van der Waals surface area contributed by atoms with E-state index in [2.05, 4.69) is 10.4 Å². The third-order valence-electron chi connectivity index (χ3n) is 3.31. The first kappa shape index (κ1) is 15.6. The highest BCUT2D eigenvalue weighted by Crippen LogP contribution is 2.15. The highest BCUT2D eigenvalue weighted by Gasteiger charge is 2.07. The zero-order valence-corrected chi connectivity index (χ0v) is 13.2. The Labute approximate surface area is 139 Å². The van der Waals surface area contributed by atoms with Crippen molar-refractivity contribution in [3.8, 4) is 17.2 Å². The molecule has 1 amide bonds. The number of hydrogen-bond acceptors (Lipinski definition) is 4. The van der Waals surface area contributed by atoms with Crippen LogP contribution in [0.15, 0.2) is 66.9 Å². The van der Waals surface area contributed by atoms with E-state index in [1.807, 2.05) is 42.5 Å². The predicted molar refractivity (Wildman–Crippen MR) is 90.7 cm³/mol. The summed E-state index contributed by atoms with van der Waals surface area (Å²) >= 11 is 0. The molecule has 0 fully saturated rings. The average molecular weight is 323 g/mol. The lowest BCUT2D eigenvalue weighted by molar-refractivity contribution is -0.118. The summed E-state index contributed by atoms with van der Waals surface area (Å²) in [5.41, 5.74) is 0.872. The molecule has 0 saturated carbocycles. The molecule has 1 heterocycles. The maximum atomic E-state index is 11.9. The van der Waals surface area contributed by atoms with Crippen LogP contribution < -0.4 is 14.8 Å². The molecule has 1 aromatic heterocycles. The van der Waals surface area contributed by atoms with E-state index < -0.39 is 0 Å². The molecule has 0 atom stereocenters. The number of hydrogen-bond donors (Lipinski definition) is 1. The molecular weight excluding hydrogens is 306 g/mol. The molecule has 122 valence electrons. The first-order valence-electron chi connectivity index (χ1n) is 7.42. The molecule has 0 saturated heterocycles. The summed E-state index contributed by atoms with van der Waals surface area (Å²) in [6, 6.07) is 18.4. The Bertz CT molecular complexity index is 798. The van der Waals surface area contributed by atoms with Gasteiger partial charge in [-0.2, -0.15) is 5.10 Å². The standard InChI is InChI=1S/C18H17N3O3/c1-23-15-9-7-14(8-10-15)21-12-11-17(20-21)19-18(22)13-24-16-5-3-2-4-6-16/h2-12H,13H2,1H3,(H,19,20,22). The Morgan fingerprint density at radius 1 is 1.04 bits per heavy atom. The van der Waals surface area contributed by atoms with Gasteiger partial charge in [-0.15, -0.1) is 0 Å². The number of carbonyl (C=O) groups is 1. The molecular formula is C18H17N3O3. The summed E-state index contributed by atoms with van der Waals surface area (Å²) in [5, 5.41) is 7.02. The van der Waals surface area contributed by atoms with E-state index in [-0.39, 0.29) is 12.5 Å². The third-order valence-corrected chi connectivity index (χ3v) is 3.31. The van der Waals surface area contributed by atoms with Crippen molar-refractivity contribution in [2.45, 2.75) is 0 Å². The summed E-state index contributed by atoms with van der Waals surface area (Å²) in [6.45, 7) is -0.0700. The number of nitrogens with zero attached hydrogens (tertiary/aromatic N) is 2. The highest BCUT2D eigenvalue weighted by molar-refractivity contribution is 5.90. The third kappa shape index (κ3) is 3.92. The van der Waals surface area contributed by atoms with Gasteiger partial charge < -0.3 is 14.8 Å². The van der Waals surface area contributed by atoms with Crippen LogP contribution in [-0.2, 0) is 4.79 Å². The zero-order chi connectivity index (χ0) is 16.8. The lowest BCUT2D eigenvalue weighted by Crippen LogP contribution is -2.20. The molecule has 6 heteroatoms. The van der Waals surface area contributed by atoms with Gasteiger partial charge in [0.25, 0.3) is 5.91 Å². The van der Waals surface area contributed by atoms with Crippen LogP contribution in [0, 0.1) is 0 Å². The Kier molecular flexibility index (Phi) is 4.76. The van der Waals surface area contributed by atoms with Crippen LogP contribution in [0.4, 0.5) is 5.82 Å². The van der Waals surface area contributed by atoms with Gasteiger partial charge in [0.05, 0.1) is 12.8 Å². The number of para-hydroxylation sites is 1. The number of ether oxygens (including phenoxy) is 2. The Hall–Kier alpha value is -3.28. The minimum atomic E-state index is -0.265. The maximum Gasteiger partial charge on any atom is 0.263 e. The molecule has 0 bridgehead atoms. The molecule has 0 spiro atoms. The second kappa shape index (κ2) is 7.32. The van der Waals surface area contributed by atoms with E-state index in [0.29, 0.717) is 11.6 Å². The van der Waals surface area contributed by atoms with Crippen molar-refractivity contribution in [1.29, 1.82) is 0 Å². The Morgan fingerprint density at radius 3 is 2.50 bits per heavy atom. The Balaban J connectivity index is 1.58. The minimum absolute atomic E-state index is 0.0700. The summed E-state index contributed by atoms with van der Waals surface area (Å²) in [7, 11) is 1.62. The van der Waals surface area contributed by atoms with Gasteiger partial charge in [-0.3, -0.25) is 4.79 Å². The number of benzene rings is 2. The molecule has 0 aliphatic rings. The number of rotatable bonds is 6. The van der Waals surface area contributed by atoms with Crippen LogP contribution in [0.3, 0.4) is 0 Å². The average Bonchev–Trinajstić information content (AvgIpc) is 3.09. The van der Waals surface area contributed by atoms with Crippen molar-refractivity contribution in [3.63, 3.8) is 0 Å². The molecule has 0 aliphatic carbocycles. The van der Waals surface area contributed by atoms with E-state index in [1.54, 1.807) is 36.2 Å². The minimum Gasteiger partial charge on any atom is -0.497 e. The zero-order valence-electron chi connectivity index (χ0n) is 13.2. The fourth-order valence-corrected chi connectivity index (χ4v) is 2.11. The van der Waals surface area contributed by atoms with Gasteiger partial charge in [0.2, 0.25) is 0 Å². The molecule has 24 heavy (non-hydrogen) atoms. The normalized spacial score (nSPS) is 10.2. The van der Waals surface area contributed by atoms with Crippen LogP contribution in [-0.4, -0.2) is 29.4 Å². The highest BCUT2D eigenvalue weighted by atomic mass is 16.5. The fraction of sp³-hybridized carbons (Fsp3) is 0.111. The van der Waals surface area contributed by atoms with Gasteiger partial charge in [0.15, 0.2) is 12.4 Å². The van der Waals surface area contributed by atoms with E-state index in [4.69, 9.17) is 9.47 Å². The first-order chi connectivity index (χ1) is 11.7. The second-order valence-electron chi connectivity index (χ2n) is 4.99. The van der Waals surface area contributed by atoms with Crippen molar-refractivity contribution in [3.05, 3.63) is 66.9 Å². The maximum absolute atomic E-state index is 11.9. The van der Waals surface area contributed by atoms with Gasteiger partial charge in [-0.1, -0.05) is 18.2 Å². The van der Waals surface area contributed by atoms with Gasteiger partial charge in [-0.05, 0) is 36.4 Å². The smallest absolute Gasteiger partial charge is 0.263 e. The van der Waals surface area contributed by atoms with Crippen molar-refractivity contribution < 1.29 is 14.3 Å². The summed E-state index contributed by atoms with van der Waals surface area (Å²) in [5.74, 6) is 1.63. The molecule has 0 unspecified atom stereocenters. The summed E-state index contributed by atoms with van der Waals surface area (Å²) in [4.78, 5) is 11.9. The number of nitrogens with one attached hydrogen (secondary N) is 1. The van der Waals surface area contributed by atoms with Gasteiger partial charge in [0.1, 0.15) is 11.5 Å². The fourth-order valence-electron chi connectivity index (χ4n) is 2.11. The molecule has 0 radical (unpaired) electrons. The molecule has 2 aromatic carbocycles. The van der Waals surface area contributed by atoms with Crippen LogP contribution in [0.2, 0.25) is 0 Å². The number of methoxy groups -OCH3 is 1. The van der Waals surface area contributed by atoms with E-state index in [1.165, 1.54) is 0 Å². The molecule has 3 rings (SSSR count). The second-order valence-corrected chi connectivity index (χ2v) is 4.99. The van der Waals surface area contributed by atoms with Gasteiger partial charge in [-0.25, -0.2) is 4.68 Å². The van der Waals surface area contributed by atoms with Crippen molar-refractivity contribution in [1.82, 2.24) is 9.78 Å². The number of anilines is 1. The lowest BCUT2D eigenvalue weighted by Gasteiger charge is -2.06. The van der Waals surface area contributed by atoms with E-state index in [9.17, 15) is 4.79 Å². The van der Waals surface area contributed by atoms with Crippen LogP contribution in [0.1, 0.15) is 0 Å². The SMILES string of the molecule is COc1ccc(-n2ccc(NC(=O)COc3ccccc3)n2)cc1. The quantitative estimate of drug-likeness (QED) is 0.757. The van der Waals surface area contributed by atoms with Crippen molar-refractivity contribution in [2.75, 3.05) is 19.0 Å². The van der Waals surface area contributed by atoms with E-state index in [0.717, 1.165) is 11.4 Å². The van der Waals surface area contributed by atoms with Crippen molar-refractivity contribution >= 4 is 11.7 Å². The molecule has 1 N–H and O–H groups in total. The summed E-state index contributed by atoms with van der Waals surface area (Å²) in [6.07, 6.45) is 1.77. The summed E-state index contributed by atoms with van der Waals surface area (Å²) < 4.78 is 12.2. The molecule has 6 nitrogen and oxygen atoms in total. The van der Waals surface area contributed by atoms with Gasteiger partial charge in [0, 0.05) is 12.3 Å². The van der Waals surface area contributed by atoms with Crippen LogP contribution in [0.5, 0.6) is 11.5 Å². The number of carbonyl (C=O) groups excluding carboxylic acids is 1. The van der Waals surface area contributed by atoms with Gasteiger partial charge >= 0.3 is 0 Å². The lowest BCUT2D eigenvalue weighted by atomic mass is 10.3. The van der Waals surface area contributed by atoms with Crippen LogP contribution in [0.25, 0.3) is 5.69 Å². The van der Waals surface area contributed by atoms with Crippen molar-refractivity contribution in [2.24, 2.45) is 0 Å². The topological polar surface area (TPSA) is 65.4 Å². The first-order valence-corrected chi connectivity index (χ1v) is 7.42. The molecule has 0 aliphatic heterocycles. The molecule has 3 aromatic rings. The Morgan fingerprint density at radius 2 is 1.79 bits per heavy atom. The number of aromatic nitrogens is 2. The van der Waals surface area contributed by atoms with E-state index >= 15 is 0 Å². The number of amides is 1. The predicted octanol–water partition coefficient (Wildman–Crippen LogP) is 2.90. The largest absolute Gasteiger partial charge is 0.497 e. The van der Waals surface area contributed by atoms with Crippen LogP contribution >= 0.6 is 0 Å². The monoisotopic (exact) mass is 323 g/mol.